The van der Waals surface area contributed by atoms with Gasteiger partial charge >= 0.3 is 0 Å². The van der Waals surface area contributed by atoms with E-state index in [9.17, 15) is 0 Å². The van der Waals surface area contributed by atoms with Crippen LogP contribution in [0.25, 0.3) is 61.3 Å². The highest BCUT2D eigenvalue weighted by Crippen LogP contribution is 2.39. The number of imidazole rings is 1. The number of fused-ring (bicyclic) bond motifs is 4. The molecule has 0 atom stereocenters. The van der Waals surface area contributed by atoms with Crippen molar-refractivity contribution in [3.05, 3.63) is 115 Å². The Morgan fingerprint density at radius 1 is 0.649 bits per heavy atom. The molecule has 178 valence electrons. The van der Waals surface area contributed by atoms with E-state index in [-0.39, 0.29) is 0 Å². The Kier molecular flexibility index (Phi) is 4.93. The van der Waals surface area contributed by atoms with Gasteiger partial charge in [0, 0.05) is 22.0 Å². The summed E-state index contributed by atoms with van der Waals surface area (Å²) in [5.41, 5.74) is 8.81. The van der Waals surface area contributed by atoms with Crippen LogP contribution in [0.5, 0.6) is 0 Å². The topological polar surface area (TPSA) is 43.9 Å². The zero-order valence-electron chi connectivity index (χ0n) is 20.7. The van der Waals surface area contributed by atoms with E-state index in [1.807, 2.05) is 12.1 Å². The average molecular weight is 480 g/mol. The van der Waals surface area contributed by atoms with Crippen LogP contribution >= 0.6 is 0 Å². The minimum atomic E-state index is 0.329. The molecule has 0 aliphatic heterocycles. The normalized spacial score (nSPS) is 11.8. The molecule has 0 fully saturated rings. The Balaban J connectivity index is 1.54. The molecule has 0 bridgehead atoms. The first kappa shape index (κ1) is 21.6. The third kappa shape index (κ3) is 3.45. The summed E-state index contributed by atoms with van der Waals surface area (Å²) in [6.45, 7) is 4.30. The molecule has 3 heterocycles. The molecule has 4 heteroatoms. The minimum absolute atomic E-state index is 0.329. The zero-order chi connectivity index (χ0) is 24.9. The molecule has 4 aromatic carbocycles. The number of para-hydroxylation sites is 4. The zero-order valence-corrected chi connectivity index (χ0v) is 20.7. The second kappa shape index (κ2) is 8.45. The highest BCUT2D eigenvalue weighted by Gasteiger charge is 2.21. The molecule has 0 N–H and O–H groups in total. The van der Waals surface area contributed by atoms with E-state index in [1.165, 1.54) is 0 Å². The minimum Gasteiger partial charge on any atom is -0.437 e. The quantitative estimate of drug-likeness (QED) is 0.253. The number of nitrogens with zero attached hydrogens (tertiary/aromatic N) is 3. The lowest BCUT2D eigenvalue weighted by Gasteiger charge is -2.15. The van der Waals surface area contributed by atoms with Crippen LogP contribution in [0, 0.1) is 0 Å². The fourth-order valence-electron chi connectivity index (χ4n) is 5.17. The summed E-state index contributed by atoms with van der Waals surface area (Å²) in [5.74, 6) is 1.18. The van der Waals surface area contributed by atoms with Crippen LogP contribution in [0.3, 0.4) is 0 Å². The molecule has 0 aliphatic carbocycles. The Hall–Kier alpha value is -4.70. The van der Waals surface area contributed by atoms with Gasteiger partial charge in [-0.1, -0.05) is 86.6 Å². The average Bonchev–Trinajstić information content (AvgIpc) is 3.51. The third-order valence-corrected chi connectivity index (χ3v) is 7.01. The molecular formula is C33H25N3O. The first-order valence-electron chi connectivity index (χ1n) is 12.6. The van der Waals surface area contributed by atoms with Gasteiger partial charge in [0.25, 0.3) is 0 Å². The van der Waals surface area contributed by atoms with Gasteiger partial charge in [-0.2, -0.15) is 0 Å². The Bertz CT molecular complexity index is 1910. The van der Waals surface area contributed by atoms with Crippen molar-refractivity contribution >= 4 is 33.1 Å². The van der Waals surface area contributed by atoms with Crippen LogP contribution < -0.4 is 0 Å². The van der Waals surface area contributed by atoms with Gasteiger partial charge < -0.3 is 4.42 Å². The van der Waals surface area contributed by atoms with Crippen LogP contribution in [0.15, 0.2) is 114 Å². The Labute approximate surface area is 214 Å². The van der Waals surface area contributed by atoms with E-state index >= 15 is 0 Å². The summed E-state index contributed by atoms with van der Waals surface area (Å²) in [6, 6.07) is 37.8. The van der Waals surface area contributed by atoms with Crippen molar-refractivity contribution in [2.24, 2.45) is 0 Å². The monoisotopic (exact) mass is 479 g/mol. The van der Waals surface area contributed by atoms with Crippen LogP contribution in [0.2, 0.25) is 0 Å². The first-order valence-corrected chi connectivity index (χ1v) is 12.6. The Morgan fingerprint density at radius 3 is 2.27 bits per heavy atom. The van der Waals surface area contributed by atoms with E-state index in [0.717, 1.165) is 61.3 Å². The fourth-order valence-corrected chi connectivity index (χ4v) is 5.17. The number of furan rings is 1. The lowest BCUT2D eigenvalue weighted by Crippen LogP contribution is -2.00. The molecule has 37 heavy (non-hydrogen) atoms. The second-order valence-electron chi connectivity index (χ2n) is 9.67. The molecule has 0 saturated heterocycles. The van der Waals surface area contributed by atoms with E-state index in [0.29, 0.717) is 11.6 Å². The summed E-state index contributed by atoms with van der Waals surface area (Å²) < 4.78 is 8.72. The number of hydrogen-bond acceptors (Lipinski definition) is 3. The van der Waals surface area contributed by atoms with E-state index in [1.54, 1.807) is 0 Å². The molecule has 7 rings (SSSR count). The molecule has 7 aromatic rings. The van der Waals surface area contributed by atoms with Gasteiger partial charge in [-0.05, 0) is 47.9 Å². The van der Waals surface area contributed by atoms with Crippen LogP contribution in [-0.2, 0) is 0 Å². The fraction of sp³-hybridized carbons (Fsp3) is 0.0909. The highest BCUT2D eigenvalue weighted by molar-refractivity contribution is 6.08. The van der Waals surface area contributed by atoms with Crippen LogP contribution in [0.1, 0.15) is 25.5 Å². The highest BCUT2D eigenvalue weighted by atomic mass is 16.3. The van der Waals surface area contributed by atoms with Crippen molar-refractivity contribution in [2.75, 3.05) is 0 Å². The molecule has 3 aromatic heterocycles. The van der Waals surface area contributed by atoms with Crippen molar-refractivity contribution in [1.82, 2.24) is 14.5 Å². The lowest BCUT2D eigenvalue weighted by atomic mass is 10.0. The van der Waals surface area contributed by atoms with E-state index in [4.69, 9.17) is 14.4 Å². The van der Waals surface area contributed by atoms with Crippen molar-refractivity contribution in [3.63, 3.8) is 0 Å². The molecule has 0 saturated carbocycles. The number of hydrogen-bond donors (Lipinski definition) is 0. The molecule has 0 spiro atoms. The molecular weight excluding hydrogens is 454 g/mol. The second-order valence-corrected chi connectivity index (χ2v) is 9.67. The Morgan fingerprint density at radius 2 is 1.41 bits per heavy atom. The number of pyridine rings is 1. The van der Waals surface area contributed by atoms with Crippen molar-refractivity contribution < 1.29 is 4.42 Å². The number of benzene rings is 4. The van der Waals surface area contributed by atoms with Crippen molar-refractivity contribution in [3.8, 4) is 28.2 Å². The third-order valence-electron chi connectivity index (χ3n) is 7.01. The summed E-state index contributed by atoms with van der Waals surface area (Å²) in [6.07, 6.45) is 0. The van der Waals surface area contributed by atoms with Crippen molar-refractivity contribution in [1.29, 1.82) is 0 Å². The van der Waals surface area contributed by atoms with Gasteiger partial charge in [-0.25, -0.2) is 9.97 Å². The molecule has 0 aliphatic rings. The lowest BCUT2D eigenvalue weighted by molar-refractivity contribution is 0.648. The molecule has 0 radical (unpaired) electrons. The predicted octanol–water partition coefficient (Wildman–Crippen LogP) is 8.78. The standard InChI is InChI=1S/C33H25N3O/c1-21(2)27-20-19-25-24-14-10-15-26(31(24)37-33(25)35-27)32-34-28-16-7-9-18-30(28)36(32)29-17-8-6-13-23(29)22-11-4-3-5-12-22/h3-21H,1-2H3. The maximum absolute atomic E-state index is 6.47. The van der Waals surface area contributed by atoms with Gasteiger partial charge in [-0.3, -0.25) is 4.57 Å². The number of aromatic nitrogens is 3. The van der Waals surface area contributed by atoms with Crippen LogP contribution in [-0.4, -0.2) is 14.5 Å². The maximum Gasteiger partial charge on any atom is 0.227 e. The summed E-state index contributed by atoms with van der Waals surface area (Å²) >= 11 is 0. The largest absolute Gasteiger partial charge is 0.437 e. The maximum atomic E-state index is 6.47. The van der Waals surface area contributed by atoms with E-state index in [2.05, 4.69) is 115 Å². The van der Waals surface area contributed by atoms with Gasteiger partial charge in [0.05, 0.1) is 22.3 Å². The van der Waals surface area contributed by atoms with Crippen LogP contribution in [0.4, 0.5) is 0 Å². The first-order chi connectivity index (χ1) is 18.2. The molecule has 0 amide bonds. The molecule has 0 unspecified atom stereocenters. The van der Waals surface area contributed by atoms with Gasteiger partial charge in [0.2, 0.25) is 5.71 Å². The summed E-state index contributed by atoms with van der Waals surface area (Å²) in [7, 11) is 0. The number of rotatable bonds is 4. The van der Waals surface area contributed by atoms with Gasteiger partial charge in [0.15, 0.2) is 0 Å². The van der Waals surface area contributed by atoms with E-state index < -0.39 is 0 Å². The SMILES string of the molecule is CC(C)c1ccc2c(n1)oc1c(-c3nc4ccccc4n3-c3ccccc3-c3ccccc3)cccc12. The predicted molar refractivity (Wildman–Crippen MR) is 151 cm³/mol. The summed E-state index contributed by atoms with van der Waals surface area (Å²) in [5, 5.41) is 2.07. The summed E-state index contributed by atoms with van der Waals surface area (Å²) in [4.78, 5) is 9.97. The van der Waals surface area contributed by atoms with Gasteiger partial charge in [-0.15, -0.1) is 0 Å². The molecule has 4 nitrogen and oxygen atoms in total. The van der Waals surface area contributed by atoms with Crippen molar-refractivity contribution in [2.45, 2.75) is 19.8 Å². The smallest absolute Gasteiger partial charge is 0.227 e. The van der Waals surface area contributed by atoms with Gasteiger partial charge in [0.1, 0.15) is 11.4 Å².